The molecule has 0 spiro atoms. The molecule has 2 heterocycles. The molecule has 23 heavy (non-hydrogen) atoms. The Bertz CT molecular complexity index is 690. The van der Waals surface area contributed by atoms with E-state index in [-0.39, 0.29) is 5.78 Å². The second kappa shape index (κ2) is 7.22. The van der Waals surface area contributed by atoms with Crippen molar-refractivity contribution >= 4 is 11.8 Å². The van der Waals surface area contributed by atoms with Gasteiger partial charge < -0.3 is 9.30 Å². The lowest BCUT2D eigenvalue weighted by molar-refractivity contribution is 0.0226. The van der Waals surface area contributed by atoms with Crippen molar-refractivity contribution in [1.29, 1.82) is 0 Å². The Morgan fingerprint density at radius 3 is 2.57 bits per heavy atom. The summed E-state index contributed by atoms with van der Waals surface area (Å²) in [4.78, 5) is 28.2. The molecule has 0 saturated carbocycles. The minimum Gasteiger partial charge on any atom is -0.451 e. The lowest BCUT2D eigenvalue weighted by Gasteiger charge is -2.19. The largest absolute Gasteiger partial charge is 0.451 e. The van der Waals surface area contributed by atoms with E-state index in [2.05, 4.69) is 18.8 Å². The normalized spacial score (nSPS) is 12.2. The maximum atomic E-state index is 12.5. The van der Waals surface area contributed by atoms with Crippen LogP contribution in [-0.4, -0.2) is 21.3 Å². The molecule has 0 saturated heterocycles. The summed E-state index contributed by atoms with van der Waals surface area (Å²) in [5, 5.41) is 0. The SMILES string of the molecule is CC(=O)c1cc(C(=O)O[C@H](CC(C)C)c2ccccn2)n(C)c1. The van der Waals surface area contributed by atoms with Gasteiger partial charge in [0, 0.05) is 25.0 Å². The van der Waals surface area contributed by atoms with Crippen LogP contribution in [0.2, 0.25) is 0 Å². The van der Waals surface area contributed by atoms with Crippen molar-refractivity contribution in [2.75, 3.05) is 0 Å². The molecule has 0 unspecified atom stereocenters. The van der Waals surface area contributed by atoms with Crippen molar-refractivity contribution in [3.63, 3.8) is 0 Å². The van der Waals surface area contributed by atoms with Crippen molar-refractivity contribution in [2.24, 2.45) is 13.0 Å². The number of carbonyl (C=O) groups is 2. The van der Waals surface area contributed by atoms with Crippen molar-refractivity contribution in [2.45, 2.75) is 33.3 Å². The number of ether oxygens (including phenoxy) is 1. The number of aryl methyl sites for hydroxylation is 1. The van der Waals surface area contributed by atoms with Crippen LogP contribution in [0.5, 0.6) is 0 Å². The predicted molar refractivity (Wildman–Crippen MR) is 87.3 cm³/mol. The van der Waals surface area contributed by atoms with Crippen LogP contribution in [0.3, 0.4) is 0 Å². The standard InChI is InChI=1S/C18H22N2O3/c1-12(2)9-17(15-7-5-6-8-19-15)23-18(22)16-10-14(13(3)21)11-20(16)4/h5-8,10-12,17H,9H2,1-4H3/t17-/m1/s1. The van der Waals surface area contributed by atoms with Gasteiger partial charge in [0.25, 0.3) is 0 Å². The number of Topliss-reactive ketones (excluding diaryl/α,β-unsaturated/α-hetero) is 1. The number of pyridine rings is 1. The Balaban J connectivity index is 2.22. The molecule has 2 aromatic rings. The van der Waals surface area contributed by atoms with Crippen LogP contribution in [0, 0.1) is 5.92 Å². The molecule has 0 fully saturated rings. The molecule has 0 aromatic carbocycles. The van der Waals surface area contributed by atoms with E-state index >= 15 is 0 Å². The smallest absolute Gasteiger partial charge is 0.355 e. The fourth-order valence-electron chi connectivity index (χ4n) is 2.37. The average molecular weight is 314 g/mol. The minimum absolute atomic E-state index is 0.0805. The number of ketones is 1. The van der Waals surface area contributed by atoms with Gasteiger partial charge in [-0.15, -0.1) is 0 Å². The van der Waals surface area contributed by atoms with Crippen LogP contribution in [0.15, 0.2) is 36.7 Å². The summed E-state index contributed by atoms with van der Waals surface area (Å²) >= 11 is 0. The van der Waals surface area contributed by atoms with Gasteiger partial charge >= 0.3 is 5.97 Å². The molecule has 2 rings (SSSR count). The van der Waals surface area contributed by atoms with Gasteiger partial charge in [0.1, 0.15) is 11.8 Å². The van der Waals surface area contributed by atoms with E-state index in [0.29, 0.717) is 23.6 Å². The fourth-order valence-corrected chi connectivity index (χ4v) is 2.37. The van der Waals surface area contributed by atoms with Gasteiger partial charge in [0.05, 0.1) is 5.69 Å². The van der Waals surface area contributed by atoms with E-state index in [0.717, 1.165) is 5.69 Å². The van der Waals surface area contributed by atoms with Gasteiger partial charge in [0.15, 0.2) is 5.78 Å². The van der Waals surface area contributed by atoms with Crippen LogP contribution in [0.1, 0.15) is 59.8 Å². The molecule has 0 aliphatic carbocycles. The molecule has 5 heteroatoms. The van der Waals surface area contributed by atoms with Gasteiger partial charge in [-0.25, -0.2) is 4.79 Å². The van der Waals surface area contributed by atoms with Crippen molar-refractivity contribution in [3.05, 3.63) is 53.6 Å². The number of carbonyl (C=O) groups excluding carboxylic acids is 2. The maximum absolute atomic E-state index is 12.5. The maximum Gasteiger partial charge on any atom is 0.355 e. The van der Waals surface area contributed by atoms with Crippen LogP contribution in [0.25, 0.3) is 0 Å². The first-order chi connectivity index (χ1) is 10.9. The molecular formula is C18H22N2O3. The van der Waals surface area contributed by atoms with E-state index in [9.17, 15) is 9.59 Å². The lowest BCUT2D eigenvalue weighted by Crippen LogP contribution is -2.16. The Morgan fingerprint density at radius 1 is 1.30 bits per heavy atom. The van der Waals surface area contributed by atoms with Gasteiger partial charge in [-0.3, -0.25) is 9.78 Å². The molecule has 0 radical (unpaired) electrons. The summed E-state index contributed by atoms with van der Waals surface area (Å²) in [6.07, 6.45) is 3.61. The third kappa shape index (κ3) is 4.28. The highest BCUT2D eigenvalue weighted by Gasteiger charge is 2.22. The highest BCUT2D eigenvalue weighted by atomic mass is 16.5. The topological polar surface area (TPSA) is 61.2 Å². The summed E-state index contributed by atoms with van der Waals surface area (Å²) in [5.74, 6) is -0.171. The molecule has 0 aliphatic heterocycles. The van der Waals surface area contributed by atoms with Crippen molar-refractivity contribution in [3.8, 4) is 0 Å². The van der Waals surface area contributed by atoms with E-state index < -0.39 is 12.1 Å². The number of nitrogens with zero attached hydrogens (tertiary/aromatic N) is 2. The van der Waals surface area contributed by atoms with Crippen molar-refractivity contribution in [1.82, 2.24) is 9.55 Å². The number of esters is 1. The monoisotopic (exact) mass is 314 g/mol. The van der Waals surface area contributed by atoms with E-state index in [4.69, 9.17) is 4.74 Å². The molecule has 5 nitrogen and oxygen atoms in total. The van der Waals surface area contributed by atoms with E-state index in [1.165, 1.54) is 6.92 Å². The molecular weight excluding hydrogens is 292 g/mol. The van der Waals surface area contributed by atoms with Crippen LogP contribution in [0.4, 0.5) is 0 Å². The third-order valence-corrected chi connectivity index (χ3v) is 3.57. The number of hydrogen-bond donors (Lipinski definition) is 0. The summed E-state index contributed by atoms with van der Waals surface area (Å²) in [6.45, 7) is 5.61. The zero-order valence-corrected chi connectivity index (χ0v) is 13.9. The van der Waals surface area contributed by atoms with Gasteiger partial charge in [-0.05, 0) is 37.5 Å². The third-order valence-electron chi connectivity index (χ3n) is 3.57. The molecule has 122 valence electrons. The summed E-state index contributed by atoms with van der Waals surface area (Å²) < 4.78 is 7.29. The fraction of sp³-hybridized carbons (Fsp3) is 0.389. The zero-order valence-electron chi connectivity index (χ0n) is 13.9. The number of rotatable bonds is 6. The van der Waals surface area contributed by atoms with Gasteiger partial charge in [0.2, 0.25) is 0 Å². The van der Waals surface area contributed by atoms with Crippen molar-refractivity contribution < 1.29 is 14.3 Å². The molecule has 0 amide bonds. The van der Waals surface area contributed by atoms with Crippen LogP contribution < -0.4 is 0 Å². The highest BCUT2D eigenvalue weighted by molar-refractivity contribution is 5.97. The first-order valence-electron chi connectivity index (χ1n) is 7.67. The minimum atomic E-state index is -0.448. The Morgan fingerprint density at radius 2 is 2.04 bits per heavy atom. The predicted octanol–water partition coefficient (Wildman–Crippen LogP) is 3.57. The summed E-state index contributed by atoms with van der Waals surface area (Å²) in [7, 11) is 1.72. The van der Waals surface area contributed by atoms with Crippen LogP contribution >= 0.6 is 0 Å². The summed E-state index contributed by atoms with van der Waals surface area (Å²) in [5.41, 5.74) is 1.59. The quantitative estimate of drug-likeness (QED) is 0.604. The Hall–Kier alpha value is -2.43. The zero-order chi connectivity index (χ0) is 17.0. The first kappa shape index (κ1) is 16.9. The number of aromatic nitrogens is 2. The highest BCUT2D eigenvalue weighted by Crippen LogP contribution is 2.25. The first-order valence-corrected chi connectivity index (χ1v) is 7.67. The molecule has 0 bridgehead atoms. The molecule has 0 aliphatic rings. The molecule has 0 N–H and O–H groups in total. The molecule has 2 aromatic heterocycles. The number of hydrogen-bond acceptors (Lipinski definition) is 4. The second-order valence-electron chi connectivity index (χ2n) is 6.06. The van der Waals surface area contributed by atoms with E-state index in [1.807, 2.05) is 18.2 Å². The molecule has 1 atom stereocenters. The summed E-state index contributed by atoms with van der Waals surface area (Å²) in [6, 6.07) is 7.12. The average Bonchev–Trinajstić information content (AvgIpc) is 2.89. The Labute approximate surface area is 136 Å². The second-order valence-corrected chi connectivity index (χ2v) is 6.06. The van der Waals surface area contributed by atoms with Gasteiger partial charge in [-0.1, -0.05) is 19.9 Å². The lowest BCUT2D eigenvalue weighted by atomic mass is 10.0. The van der Waals surface area contributed by atoms with Crippen LogP contribution in [-0.2, 0) is 11.8 Å². The Kier molecular flexibility index (Phi) is 5.32. The van der Waals surface area contributed by atoms with E-state index in [1.54, 1.807) is 30.1 Å². The van der Waals surface area contributed by atoms with Gasteiger partial charge in [-0.2, -0.15) is 0 Å².